The van der Waals surface area contributed by atoms with E-state index in [1.807, 2.05) is 14.0 Å². The van der Waals surface area contributed by atoms with E-state index in [-0.39, 0.29) is 0 Å². The van der Waals surface area contributed by atoms with E-state index in [4.69, 9.17) is 0 Å². The van der Waals surface area contributed by atoms with Crippen LogP contribution in [0.4, 0.5) is 0 Å². The highest BCUT2D eigenvalue weighted by Gasteiger charge is 2.37. The van der Waals surface area contributed by atoms with Crippen molar-refractivity contribution >= 4 is 17.3 Å². The van der Waals surface area contributed by atoms with Crippen molar-refractivity contribution in [2.45, 2.75) is 33.2 Å². The van der Waals surface area contributed by atoms with Crippen molar-refractivity contribution < 1.29 is 0 Å². The van der Waals surface area contributed by atoms with Crippen molar-refractivity contribution in [1.82, 2.24) is 15.2 Å². The van der Waals surface area contributed by atoms with E-state index >= 15 is 0 Å². The van der Waals surface area contributed by atoms with Gasteiger partial charge in [-0.15, -0.1) is 11.3 Å². The van der Waals surface area contributed by atoms with Gasteiger partial charge in [-0.2, -0.15) is 0 Å². The second-order valence-corrected chi connectivity index (χ2v) is 6.49. The molecule has 1 aliphatic rings. The number of nitrogens with zero attached hydrogens (tertiary/aromatic N) is 3. The first-order valence-corrected chi connectivity index (χ1v) is 7.23. The summed E-state index contributed by atoms with van der Waals surface area (Å²) in [5.74, 6) is 0.953. The van der Waals surface area contributed by atoms with Gasteiger partial charge in [0.2, 0.25) is 0 Å². The molecule has 1 N–H and O–H groups in total. The maximum Gasteiger partial charge on any atom is 0.193 e. The Morgan fingerprint density at radius 2 is 2.33 bits per heavy atom. The molecule has 18 heavy (non-hydrogen) atoms. The molecule has 1 fully saturated rings. The molecule has 5 heteroatoms. The number of rotatable bonds is 4. The van der Waals surface area contributed by atoms with Gasteiger partial charge in [0.05, 0.1) is 17.2 Å². The van der Waals surface area contributed by atoms with E-state index < -0.39 is 0 Å². The van der Waals surface area contributed by atoms with E-state index in [1.54, 1.807) is 11.3 Å². The van der Waals surface area contributed by atoms with Crippen LogP contribution < -0.4 is 5.32 Å². The second kappa shape index (κ2) is 5.26. The second-order valence-electron chi connectivity index (χ2n) is 5.43. The van der Waals surface area contributed by atoms with Gasteiger partial charge in [0, 0.05) is 26.0 Å². The molecule has 0 amide bonds. The van der Waals surface area contributed by atoms with Gasteiger partial charge in [0.1, 0.15) is 0 Å². The zero-order valence-corrected chi connectivity index (χ0v) is 12.5. The van der Waals surface area contributed by atoms with Crippen LogP contribution in [0.15, 0.2) is 10.4 Å². The minimum Gasteiger partial charge on any atom is -0.356 e. The van der Waals surface area contributed by atoms with Gasteiger partial charge in [-0.3, -0.25) is 4.99 Å². The minimum absolute atomic E-state index is 0.494. The fraction of sp³-hybridized carbons (Fsp3) is 0.692. The molecule has 0 atom stereocenters. The molecule has 100 valence electrons. The van der Waals surface area contributed by atoms with Gasteiger partial charge < -0.3 is 10.2 Å². The summed E-state index contributed by atoms with van der Waals surface area (Å²) in [4.78, 5) is 10.9. The van der Waals surface area contributed by atoms with Crippen molar-refractivity contribution in [2.75, 3.05) is 20.6 Å². The molecule has 1 heterocycles. The first kappa shape index (κ1) is 13.3. The van der Waals surface area contributed by atoms with Crippen LogP contribution in [-0.4, -0.2) is 36.5 Å². The monoisotopic (exact) mass is 266 g/mol. The van der Waals surface area contributed by atoms with Crippen molar-refractivity contribution in [3.05, 3.63) is 16.1 Å². The topological polar surface area (TPSA) is 40.5 Å². The van der Waals surface area contributed by atoms with Crippen molar-refractivity contribution in [3.63, 3.8) is 0 Å². The molecule has 2 rings (SSSR count). The lowest BCUT2D eigenvalue weighted by Crippen LogP contribution is -2.40. The molecule has 1 aromatic rings. The van der Waals surface area contributed by atoms with Gasteiger partial charge in [-0.25, -0.2) is 4.98 Å². The Bertz CT molecular complexity index is 434. The molecule has 1 saturated carbocycles. The van der Waals surface area contributed by atoms with Gasteiger partial charge in [-0.1, -0.05) is 6.92 Å². The predicted octanol–water partition coefficient (Wildman–Crippen LogP) is 2.26. The first-order chi connectivity index (χ1) is 8.52. The van der Waals surface area contributed by atoms with Gasteiger partial charge in [0.25, 0.3) is 0 Å². The molecule has 4 nitrogen and oxygen atoms in total. The summed E-state index contributed by atoms with van der Waals surface area (Å²) in [6, 6.07) is 0. The van der Waals surface area contributed by atoms with Crippen LogP contribution in [0.25, 0.3) is 0 Å². The fourth-order valence-electron chi connectivity index (χ4n) is 1.87. The molecule has 0 aliphatic heterocycles. The quantitative estimate of drug-likeness (QED) is 0.671. The van der Waals surface area contributed by atoms with Crippen LogP contribution in [-0.2, 0) is 6.54 Å². The Labute approximate surface area is 113 Å². The Morgan fingerprint density at radius 1 is 1.61 bits per heavy atom. The van der Waals surface area contributed by atoms with E-state index in [9.17, 15) is 0 Å². The average Bonchev–Trinajstić information content (AvgIpc) is 2.92. The van der Waals surface area contributed by atoms with Crippen LogP contribution in [0.5, 0.6) is 0 Å². The van der Waals surface area contributed by atoms with E-state index in [1.165, 1.54) is 12.8 Å². The standard InChI is InChI=1S/C13H22N4S/c1-10-16-11(8-18-10)7-17(4)12(14-3)15-9-13(2)5-6-13/h8H,5-7,9H2,1-4H3,(H,14,15). The number of nitrogens with one attached hydrogen (secondary N) is 1. The normalized spacial score (nSPS) is 17.7. The molecule has 0 aromatic carbocycles. The summed E-state index contributed by atoms with van der Waals surface area (Å²) in [5, 5.41) is 6.68. The summed E-state index contributed by atoms with van der Waals surface area (Å²) in [6.45, 7) is 6.17. The van der Waals surface area contributed by atoms with Crippen molar-refractivity contribution in [1.29, 1.82) is 0 Å². The van der Waals surface area contributed by atoms with Crippen LogP contribution in [0.1, 0.15) is 30.5 Å². The lowest BCUT2D eigenvalue weighted by Gasteiger charge is -2.22. The van der Waals surface area contributed by atoms with E-state index in [0.29, 0.717) is 5.41 Å². The van der Waals surface area contributed by atoms with Gasteiger partial charge >= 0.3 is 0 Å². The minimum atomic E-state index is 0.494. The fourth-order valence-corrected chi connectivity index (χ4v) is 2.47. The maximum absolute atomic E-state index is 4.48. The summed E-state index contributed by atoms with van der Waals surface area (Å²) in [6.07, 6.45) is 2.65. The molecule has 0 spiro atoms. The smallest absolute Gasteiger partial charge is 0.193 e. The summed E-state index contributed by atoms with van der Waals surface area (Å²) in [5.41, 5.74) is 1.61. The first-order valence-electron chi connectivity index (χ1n) is 6.35. The Balaban J connectivity index is 1.87. The zero-order chi connectivity index (χ0) is 13.2. The molecular formula is C13H22N4S. The number of aromatic nitrogens is 1. The Kier molecular flexibility index (Phi) is 3.90. The number of hydrogen-bond donors (Lipinski definition) is 1. The SMILES string of the molecule is CN=C(NCC1(C)CC1)N(C)Cc1csc(C)n1. The molecule has 0 saturated heterocycles. The van der Waals surface area contributed by atoms with Crippen molar-refractivity contribution in [3.8, 4) is 0 Å². The predicted molar refractivity (Wildman–Crippen MR) is 77.0 cm³/mol. The number of aryl methyl sites for hydroxylation is 1. The molecule has 0 unspecified atom stereocenters. The number of thiazole rings is 1. The van der Waals surface area contributed by atoms with Crippen LogP contribution in [0.3, 0.4) is 0 Å². The number of hydrogen-bond acceptors (Lipinski definition) is 3. The number of aliphatic imine (C=N–C) groups is 1. The number of guanidine groups is 1. The Morgan fingerprint density at radius 3 is 2.83 bits per heavy atom. The largest absolute Gasteiger partial charge is 0.356 e. The lowest BCUT2D eigenvalue weighted by molar-refractivity contribution is 0.453. The third-order valence-electron chi connectivity index (χ3n) is 3.42. The highest BCUT2D eigenvalue weighted by Crippen LogP contribution is 2.44. The zero-order valence-electron chi connectivity index (χ0n) is 11.7. The third kappa shape index (κ3) is 3.45. The summed E-state index contributed by atoms with van der Waals surface area (Å²) in [7, 11) is 3.89. The average molecular weight is 266 g/mol. The lowest BCUT2D eigenvalue weighted by atomic mass is 10.1. The molecule has 0 bridgehead atoms. The van der Waals surface area contributed by atoms with E-state index in [0.717, 1.165) is 29.8 Å². The van der Waals surface area contributed by atoms with Crippen LogP contribution >= 0.6 is 11.3 Å². The molecule has 1 aliphatic carbocycles. The molecular weight excluding hydrogens is 244 g/mol. The highest BCUT2D eigenvalue weighted by molar-refractivity contribution is 7.09. The molecule has 1 aromatic heterocycles. The summed E-state index contributed by atoms with van der Waals surface area (Å²) >= 11 is 1.70. The molecule has 0 radical (unpaired) electrons. The van der Waals surface area contributed by atoms with Gasteiger partial charge in [-0.05, 0) is 25.2 Å². The third-order valence-corrected chi connectivity index (χ3v) is 4.24. The van der Waals surface area contributed by atoms with Crippen LogP contribution in [0.2, 0.25) is 0 Å². The highest BCUT2D eigenvalue weighted by atomic mass is 32.1. The van der Waals surface area contributed by atoms with Gasteiger partial charge in [0.15, 0.2) is 5.96 Å². The van der Waals surface area contributed by atoms with E-state index in [2.05, 4.69) is 39.5 Å². The summed E-state index contributed by atoms with van der Waals surface area (Å²) < 4.78 is 0. The van der Waals surface area contributed by atoms with Crippen molar-refractivity contribution in [2.24, 2.45) is 10.4 Å². The van der Waals surface area contributed by atoms with Crippen LogP contribution in [0, 0.1) is 12.3 Å². The maximum atomic E-state index is 4.48. The Hall–Kier alpha value is -1.10.